The molecule has 2 N–H and O–H groups in total. The molecule has 1 aliphatic heterocycles. The average molecular weight is 289 g/mol. The number of rotatable bonds is 3. The number of aryl methyl sites for hydroxylation is 1. The largest absolute Gasteiger partial charge is 0.487 e. The van der Waals surface area contributed by atoms with E-state index in [-0.39, 0.29) is 0 Å². The fraction of sp³-hybridized carbons (Fsp3) is 0.400. The summed E-state index contributed by atoms with van der Waals surface area (Å²) in [7, 11) is 0. The van der Waals surface area contributed by atoms with Gasteiger partial charge in [0.15, 0.2) is 16.6 Å². The third kappa shape index (κ3) is 2.45. The molecule has 1 aromatic carbocycles. The van der Waals surface area contributed by atoms with Gasteiger partial charge in [-0.05, 0) is 42.4 Å². The molecule has 2 aromatic rings. The van der Waals surface area contributed by atoms with Crippen LogP contribution in [0.3, 0.4) is 0 Å². The summed E-state index contributed by atoms with van der Waals surface area (Å²) in [6, 6.07) is 8.65. The first-order valence-electron chi connectivity index (χ1n) is 6.99. The minimum atomic E-state index is 0.504. The van der Waals surface area contributed by atoms with Crippen LogP contribution in [0.1, 0.15) is 24.5 Å². The lowest BCUT2D eigenvalue weighted by molar-refractivity contribution is 0.343. The molecule has 0 aliphatic carbocycles. The van der Waals surface area contributed by atoms with Crippen molar-refractivity contribution in [2.24, 2.45) is 0 Å². The smallest absolute Gasteiger partial charge is 0.197 e. The Balaban J connectivity index is 1.91. The average Bonchev–Trinajstić information content (AvgIpc) is 2.71. The van der Waals surface area contributed by atoms with Gasteiger partial charge in [0.2, 0.25) is 0 Å². The Morgan fingerprint density at radius 2 is 2.15 bits per heavy atom. The Morgan fingerprint density at radius 3 is 2.95 bits per heavy atom. The molecule has 1 aromatic heterocycles. The Morgan fingerprint density at radius 1 is 1.35 bits per heavy atom. The van der Waals surface area contributed by atoms with Crippen molar-refractivity contribution < 1.29 is 4.74 Å². The van der Waals surface area contributed by atoms with Crippen molar-refractivity contribution in [2.75, 3.05) is 23.8 Å². The van der Waals surface area contributed by atoms with Gasteiger partial charge in [-0.15, -0.1) is 0 Å². The molecule has 0 saturated heterocycles. The predicted molar refractivity (Wildman–Crippen MR) is 83.5 cm³/mol. The van der Waals surface area contributed by atoms with E-state index in [4.69, 9.17) is 10.5 Å². The molecule has 2 heterocycles. The lowest BCUT2D eigenvalue weighted by Gasteiger charge is -2.22. The summed E-state index contributed by atoms with van der Waals surface area (Å²) in [6.45, 7) is 4.49. The van der Waals surface area contributed by atoms with E-state index in [0.29, 0.717) is 12.4 Å². The summed E-state index contributed by atoms with van der Waals surface area (Å²) in [5.41, 5.74) is 8.75. The van der Waals surface area contributed by atoms with Gasteiger partial charge >= 0.3 is 0 Å². The molecule has 0 fully saturated rings. The van der Waals surface area contributed by atoms with Gasteiger partial charge in [-0.2, -0.15) is 4.37 Å². The Labute approximate surface area is 123 Å². The normalized spacial score (nSPS) is 14.8. The molecule has 0 atom stereocenters. The lowest BCUT2D eigenvalue weighted by Crippen LogP contribution is -2.22. The zero-order valence-corrected chi connectivity index (χ0v) is 12.4. The highest BCUT2D eigenvalue weighted by atomic mass is 32.1. The van der Waals surface area contributed by atoms with E-state index in [1.54, 1.807) is 0 Å². The van der Waals surface area contributed by atoms with Crippen LogP contribution >= 0.6 is 11.5 Å². The van der Waals surface area contributed by atoms with Crippen LogP contribution in [0.5, 0.6) is 5.75 Å². The molecule has 0 amide bonds. The number of nitrogen functional groups attached to an aromatic ring is 1. The fourth-order valence-corrected chi connectivity index (χ4v) is 3.43. The number of aromatic nitrogens is 1. The van der Waals surface area contributed by atoms with Crippen LogP contribution in [0.15, 0.2) is 24.3 Å². The molecule has 1 aliphatic rings. The van der Waals surface area contributed by atoms with Gasteiger partial charge in [0, 0.05) is 13.1 Å². The third-order valence-electron chi connectivity index (χ3n) is 3.59. The summed E-state index contributed by atoms with van der Waals surface area (Å²) >= 11 is 1.43. The lowest BCUT2D eigenvalue weighted by atomic mass is 10.0. The van der Waals surface area contributed by atoms with Gasteiger partial charge < -0.3 is 15.4 Å². The van der Waals surface area contributed by atoms with Crippen molar-refractivity contribution in [2.45, 2.75) is 26.3 Å². The van der Waals surface area contributed by atoms with Crippen molar-refractivity contribution in [3.63, 3.8) is 0 Å². The zero-order valence-electron chi connectivity index (χ0n) is 11.6. The monoisotopic (exact) mass is 289 g/mol. The molecule has 106 valence electrons. The predicted octanol–water partition coefficient (Wildman–Crippen LogP) is 3.08. The molecule has 0 radical (unpaired) electrons. The Bertz CT molecular complexity index is 597. The highest BCUT2D eigenvalue weighted by Gasteiger charge is 2.21. The molecule has 0 spiro atoms. The number of benzene rings is 1. The molecule has 0 saturated carbocycles. The maximum atomic E-state index is 5.92. The van der Waals surface area contributed by atoms with Gasteiger partial charge in [0.1, 0.15) is 0 Å². The fourth-order valence-electron chi connectivity index (χ4n) is 2.64. The summed E-state index contributed by atoms with van der Waals surface area (Å²) < 4.78 is 9.92. The minimum Gasteiger partial charge on any atom is -0.487 e. The summed E-state index contributed by atoms with van der Waals surface area (Å²) in [4.78, 5) is 2.34. The summed E-state index contributed by atoms with van der Waals surface area (Å²) in [5.74, 6) is 1.25. The van der Waals surface area contributed by atoms with Gasteiger partial charge in [-0.1, -0.05) is 24.3 Å². The maximum Gasteiger partial charge on any atom is 0.197 e. The first-order chi connectivity index (χ1) is 9.79. The second kappa shape index (κ2) is 5.71. The van der Waals surface area contributed by atoms with Crippen molar-refractivity contribution in [3.8, 4) is 5.75 Å². The van der Waals surface area contributed by atoms with E-state index >= 15 is 0 Å². The molecule has 4 nitrogen and oxygen atoms in total. The van der Waals surface area contributed by atoms with Gasteiger partial charge in [0.05, 0.1) is 6.61 Å². The van der Waals surface area contributed by atoms with E-state index in [0.717, 1.165) is 36.7 Å². The summed E-state index contributed by atoms with van der Waals surface area (Å²) in [6.07, 6.45) is 2.27. The van der Waals surface area contributed by atoms with Crippen LogP contribution in [-0.4, -0.2) is 17.5 Å². The van der Waals surface area contributed by atoms with E-state index in [1.807, 2.05) is 6.92 Å². The van der Waals surface area contributed by atoms with Gasteiger partial charge in [-0.25, -0.2) is 0 Å². The maximum absolute atomic E-state index is 5.92. The highest BCUT2D eigenvalue weighted by molar-refractivity contribution is 7.11. The van der Waals surface area contributed by atoms with Crippen LogP contribution in [-0.2, 0) is 13.0 Å². The topological polar surface area (TPSA) is 51.4 Å². The highest BCUT2D eigenvalue weighted by Crippen LogP contribution is 2.39. The van der Waals surface area contributed by atoms with Crippen molar-refractivity contribution >= 4 is 22.4 Å². The van der Waals surface area contributed by atoms with E-state index in [9.17, 15) is 0 Å². The van der Waals surface area contributed by atoms with E-state index in [1.165, 1.54) is 22.7 Å². The SMILES string of the molecule is CCOc1c(N)nsc1N1CCCc2ccccc2C1. The molecule has 5 heteroatoms. The number of fused-ring (bicyclic) bond motifs is 1. The number of hydrogen-bond acceptors (Lipinski definition) is 5. The Kier molecular flexibility index (Phi) is 3.78. The van der Waals surface area contributed by atoms with Gasteiger partial charge in [0.25, 0.3) is 0 Å². The third-order valence-corrected chi connectivity index (χ3v) is 4.49. The molecule has 3 rings (SSSR count). The molecular formula is C15H19N3OS. The van der Waals surface area contributed by atoms with Crippen molar-refractivity contribution in [1.29, 1.82) is 0 Å². The second-order valence-corrected chi connectivity index (χ2v) is 5.68. The van der Waals surface area contributed by atoms with Crippen LogP contribution < -0.4 is 15.4 Å². The van der Waals surface area contributed by atoms with Gasteiger partial charge in [-0.3, -0.25) is 0 Å². The standard InChI is InChI=1S/C15H19N3OS/c1-2-19-13-14(16)17-20-15(13)18-9-5-8-11-6-3-4-7-12(11)10-18/h3-4,6-7H,2,5,8-10H2,1H3,(H2,16,17). The first-order valence-corrected chi connectivity index (χ1v) is 7.76. The molecule has 20 heavy (non-hydrogen) atoms. The number of nitrogens with two attached hydrogens (primary N) is 1. The van der Waals surface area contributed by atoms with Crippen LogP contribution in [0.2, 0.25) is 0 Å². The minimum absolute atomic E-state index is 0.504. The number of nitrogens with zero attached hydrogens (tertiary/aromatic N) is 2. The Hall–Kier alpha value is -1.75. The zero-order chi connectivity index (χ0) is 13.9. The van der Waals surface area contributed by atoms with Crippen LogP contribution in [0.4, 0.5) is 10.8 Å². The molecule has 0 bridgehead atoms. The quantitative estimate of drug-likeness (QED) is 0.943. The number of anilines is 2. The van der Waals surface area contributed by atoms with Crippen LogP contribution in [0.25, 0.3) is 0 Å². The van der Waals surface area contributed by atoms with Crippen LogP contribution in [0, 0.1) is 0 Å². The molecule has 0 unspecified atom stereocenters. The second-order valence-electron chi connectivity index (χ2n) is 4.93. The van der Waals surface area contributed by atoms with E-state index in [2.05, 4.69) is 33.5 Å². The van der Waals surface area contributed by atoms with Crippen molar-refractivity contribution in [3.05, 3.63) is 35.4 Å². The first kappa shape index (κ1) is 13.2. The number of hydrogen-bond donors (Lipinski definition) is 1. The molecular weight excluding hydrogens is 270 g/mol. The van der Waals surface area contributed by atoms with Crippen molar-refractivity contribution in [1.82, 2.24) is 4.37 Å². The van der Waals surface area contributed by atoms with E-state index < -0.39 is 0 Å². The summed E-state index contributed by atoms with van der Waals surface area (Å²) in [5, 5.41) is 1.06. The number of ether oxygens (including phenoxy) is 1.